The Kier molecular flexibility index (Phi) is 8.18. The van der Waals surface area contributed by atoms with Crippen LogP contribution in [0.1, 0.15) is 32.1 Å². The van der Waals surface area contributed by atoms with Gasteiger partial charge < -0.3 is 20.1 Å². The van der Waals surface area contributed by atoms with Crippen LogP contribution in [0.15, 0.2) is 40.9 Å². The van der Waals surface area contributed by atoms with Crippen molar-refractivity contribution in [2.75, 3.05) is 39.2 Å². The number of anilines is 1. The quantitative estimate of drug-likeness (QED) is 0.314. The summed E-state index contributed by atoms with van der Waals surface area (Å²) in [5.41, 5.74) is 2.52. The first-order valence-corrected chi connectivity index (χ1v) is 8.69. The Hall–Kier alpha value is -2.01. The highest BCUT2D eigenvalue weighted by Crippen LogP contribution is 2.20. The minimum absolute atomic E-state index is 0.652. The molecular formula is C19H29N3O2. The first-order chi connectivity index (χ1) is 11.8. The number of guanidine groups is 1. The molecule has 132 valence electrons. The molecule has 0 saturated carbocycles. The summed E-state index contributed by atoms with van der Waals surface area (Å²) in [6, 6.07) is 7.93. The van der Waals surface area contributed by atoms with E-state index < -0.39 is 0 Å². The summed E-state index contributed by atoms with van der Waals surface area (Å²) in [6.07, 6.45) is 8.12. The molecule has 0 spiro atoms. The van der Waals surface area contributed by atoms with Crippen LogP contribution in [-0.4, -0.2) is 39.9 Å². The third-order valence-corrected chi connectivity index (χ3v) is 3.96. The predicted molar refractivity (Wildman–Crippen MR) is 100.0 cm³/mol. The highest BCUT2D eigenvalue weighted by molar-refractivity contribution is 5.93. The van der Waals surface area contributed by atoms with E-state index >= 15 is 0 Å². The Morgan fingerprint density at radius 3 is 2.96 bits per heavy atom. The molecule has 1 aromatic carbocycles. The molecule has 5 heteroatoms. The maximum absolute atomic E-state index is 5.72. The average molecular weight is 331 g/mol. The molecule has 1 aliphatic carbocycles. The third-order valence-electron chi connectivity index (χ3n) is 3.96. The molecular weight excluding hydrogens is 302 g/mol. The zero-order valence-electron chi connectivity index (χ0n) is 14.8. The summed E-state index contributed by atoms with van der Waals surface area (Å²) in [5, 5.41) is 6.68. The van der Waals surface area contributed by atoms with E-state index in [1.54, 1.807) is 19.7 Å². The maximum atomic E-state index is 5.72. The summed E-state index contributed by atoms with van der Waals surface area (Å²) in [7, 11) is 3.49. The van der Waals surface area contributed by atoms with Crippen LogP contribution in [0, 0.1) is 0 Å². The van der Waals surface area contributed by atoms with Crippen LogP contribution < -0.4 is 15.4 Å². The van der Waals surface area contributed by atoms with Gasteiger partial charge in [-0.15, -0.1) is 0 Å². The zero-order valence-corrected chi connectivity index (χ0v) is 14.8. The molecule has 2 rings (SSSR count). The highest BCUT2D eigenvalue weighted by atomic mass is 16.5. The summed E-state index contributed by atoms with van der Waals surface area (Å²) < 4.78 is 10.7. The fourth-order valence-electron chi connectivity index (χ4n) is 2.68. The number of aliphatic imine (C=N–C) groups is 1. The molecule has 24 heavy (non-hydrogen) atoms. The molecule has 0 atom stereocenters. The van der Waals surface area contributed by atoms with Crippen LogP contribution >= 0.6 is 0 Å². The van der Waals surface area contributed by atoms with Gasteiger partial charge in [-0.25, -0.2) is 0 Å². The Labute approximate surface area is 145 Å². The normalized spacial score (nSPS) is 14.4. The molecule has 0 bridgehead atoms. The topological polar surface area (TPSA) is 54.9 Å². The molecule has 5 nitrogen and oxygen atoms in total. The lowest BCUT2D eigenvalue weighted by atomic mass is 10.2. The minimum Gasteiger partial charge on any atom is -0.493 e. The minimum atomic E-state index is 0.652. The van der Waals surface area contributed by atoms with Crippen molar-refractivity contribution in [3.05, 3.63) is 35.9 Å². The van der Waals surface area contributed by atoms with Crippen LogP contribution in [0.25, 0.3) is 0 Å². The second-order valence-electron chi connectivity index (χ2n) is 5.85. The van der Waals surface area contributed by atoms with Gasteiger partial charge in [0.15, 0.2) is 5.96 Å². The SMILES string of the molecule is CN=C(NCCC1=CCCC1)Nc1cccc(OCCCOC)c1. The van der Waals surface area contributed by atoms with E-state index in [0.717, 1.165) is 36.8 Å². The Bertz CT molecular complexity index is 555. The third kappa shape index (κ3) is 6.62. The van der Waals surface area contributed by atoms with Crippen molar-refractivity contribution in [3.63, 3.8) is 0 Å². The Balaban J connectivity index is 1.77. The number of nitrogens with one attached hydrogen (secondary N) is 2. The number of benzene rings is 1. The molecule has 0 aromatic heterocycles. The second-order valence-corrected chi connectivity index (χ2v) is 5.85. The van der Waals surface area contributed by atoms with Crippen LogP contribution in [0.2, 0.25) is 0 Å². The largest absolute Gasteiger partial charge is 0.493 e. The van der Waals surface area contributed by atoms with Gasteiger partial charge >= 0.3 is 0 Å². The van der Waals surface area contributed by atoms with E-state index in [4.69, 9.17) is 9.47 Å². The van der Waals surface area contributed by atoms with Crippen LogP contribution in [-0.2, 0) is 4.74 Å². The number of nitrogens with zero attached hydrogens (tertiary/aromatic N) is 1. The molecule has 0 amide bonds. The fourth-order valence-corrected chi connectivity index (χ4v) is 2.68. The van der Waals surface area contributed by atoms with Crippen molar-refractivity contribution >= 4 is 11.6 Å². The summed E-state index contributed by atoms with van der Waals surface area (Å²) in [6.45, 7) is 2.27. The van der Waals surface area contributed by atoms with Gasteiger partial charge in [0.25, 0.3) is 0 Å². The number of hydrogen-bond donors (Lipinski definition) is 2. The summed E-state index contributed by atoms with van der Waals surface area (Å²) >= 11 is 0. The Morgan fingerprint density at radius 1 is 1.29 bits per heavy atom. The summed E-state index contributed by atoms with van der Waals surface area (Å²) in [5.74, 6) is 1.63. The molecule has 0 unspecified atom stereocenters. The number of allylic oxidation sites excluding steroid dienone is 1. The number of hydrogen-bond acceptors (Lipinski definition) is 3. The second kappa shape index (κ2) is 10.7. The molecule has 0 heterocycles. The van der Waals surface area contributed by atoms with Gasteiger partial charge in [-0.3, -0.25) is 4.99 Å². The fraction of sp³-hybridized carbons (Fsp3) is 0.526. The van der Waals surface area contributed by atoms with Crippen molar-refractivity contribution < 1.29 is 9.47 Å². The van der Waals surface area contributed by atoms with Crippen molar-refractivity contribution in [3.8, 4) is 5.75 Å². The molecule has 0 radical (unpaired) electrons. The lowest BCUT2D eigenvalue weighted by Crippen LogP contribution is -2.31. The van der Waals surface area contributed by atoms with Crippen molar-refractivity contribution in [1.82, 2.24) is 5.32 Å². The maximum Gasteiger partial charge on any atom is 0.195 e. The highest BCUT2D eigenvalue weighted by Gasteiger charge is 2.05. The van der Waals surface area contributed by atoms with Crippen LogP contribution in [0.4, 0.5) is 5.69 Å². The van der Waals surface area contributed by atoms with Gasteiger partial charge in [0.1, 0.15) is 5.75 Å². The van der Waals surface area contributed by atoms with Crippen LogP contribution in [0.3, 0.4) is 0 Å². The zero-order chi connectivity index (χ0) is 17.0. The summed E-state index contributed by atoms with van der Waals surface area (Å²) in [4.78, 5) is 4.28. The van der Waals surface area contributed by atoms with Gasteiger partial charge in [-0.1, -0.05) is 17.7 Å². The smallest absolute Gasteiger partial charge is 0.195 e. The van der Waals surface area contributed by atoms with Gasteiger partial charge in [-0.05, 0) is 37.8 Å². The van der Waals surface area contributed by atoms with E-state index in [1.165, 1.54) is 19.3 Å². The van der Waals surface area contributed by atoms with Crippen molar-refractivity contribution in [2.45, 2.75) is 32.1 Å². The monoisotopic (exact) mass is 331 g/mol. The first kappa shape index (κ1) is 18.3. The van der Waals surface area contributed by atoms with E-state index in [9.17, 15) is 0 Å². The average Bonchev–Trinajstić information content (AvgIpc) is 3.12. The van der Waals surface area contributed by atoms with E-state index in [0.29, 0.717) is 13.2 Å². The van der Waals surface area contributed by atoms with Crippen molar-refractivity contribution in [2.24, 2.45) is 4.99 Å². The standard InChI is InChI=1S/C19H29N3O2/c1-20-19(21-12-11-16-7-3-4-8-16)22-17-9-5-10-18(15-17)24-14-6-13-23-2/h5,7,9-10,15H,3-4,6,8,11-14H2,1-2H3,(H2,20,21,22). The molecule has 0 fully saturated rings. The van der Waals surface area contributed by atoms with E-state index in [2.05, 4.69) is 21.7 Å². The first-order valence-electron chi connectivity index (χ1n) is 8.69. The molecule has 1 aliphatic rings. The van der Waals surface area contributed by atoms with Crippen LogP contribution in [0.5, 0.6) is 5.75 Å². The number of rotatable bonds is 9. The molecule has 0 aliphatic heterocycles. The molecule has 0 saturated heterocycles. The van der Waals surface area contributed by atoms with Gasteiger partial charge in [0.05, 0.1) is 6.61 Å². The number of methoxy groups -OCH3 is 1. The lowest BCUT2D eigenvalue weighted by Gasteiger charge is -2.13. The van der Waals surface area contributed by atoms with Gasteiger partial charge in [0, 0.05) is 45.5 Å². The Morgan fingerprint density at radius 2 is 2.21 bits per heavy atom. The van der Waals surface area contributed by atoms with E-state index in [1.807, 2.05) is 24.3 Å². The van der Waals surface area contributed by atoms with Crippen molar-refractivity contribution in [1.29, 1.82) is 0 Å². The lowest BCUT2D eigenvalue weighted by molar-refractivity contribution is 0.172. The molecule has 1 aromatic rings. The van der Waals surface area contributed by atoms with E-state index in [-0.39, 0.29) is 0 Å². The van der Waals surface area contributed by atoms with Gasteiger partial charge in [0.2, 0.25) is 0 Å². The number of ether oxygens (including phenoxy) is 2. The van der Waals surface area contributed by atoms with Gasteiger partial charge in [-0.2, -0.15) is 0 Å². The molecule has 2 N–H and O–H groups in total. The predicted octanol–water partition coefficient (Wildman–Crippen LogP) is 3.59.